The summed E-state index contributed by atoms with van der Waals surface area (Å²) in [6.45, 7) is 0. The molecular formula is C44H30F4N2. The maximum atomic E-state index is 15.3. The second-order valence-electron chi connectivity index (χ2n) is 11.8. The van der Waals surface area contributed by atoms with Crippen molar-refractivity contribution in [3.05, 3.63) is 205 Å². The molecule has 2 heterocycles. The largest absolute Gasteiger partial charge is 0.299 e. The maximum absolute atomic E-state index is 15.3. The average Bonchev–Trinajstić information content (AvgIpc) is 3.18. The van der Waals surface area contributed by atoms with E-state index in [1.807, 2.05) is 60.7 Å². The number of hydrogen-bond acceptors (Lipinski definition) is 2. The molecule has 50 heavy (non-hydrogen) atoms. The molecule has 2 aromatic heterocycles. The number of alkyl halides is 4. The lowest BCUT2D eigenvalue weighted by atomic mass is 9.93. The minimum atomic E-state index is -3.09. The van der Waals surface area contributed by atoms with Gasteiger partial charge in [-0.15, -0.1) is 0 Å². The summed E-state index contributed by atoms with van der Waals surface area (Å²) in [6.07, 6.45) is 3.32. The van der Waals surface area contributed by atoms with E-state index >= 15 is 17.6 Å². The molecule has 8 rings (SSSR count). The molecule has 0 atom stereocenters. The van der Waals surface area contributed by atoms with Crippen molar-refractivity contribution in [1.29, 1.82) is 0 Å². The van der Waals surface area contributed by atoms with Crippen molar-refractivity contribution in [3.8, 4) is 22.5 Å². The first-order chi connectivity index (χ1) is 24.3. The maximum Gasteiger partial charge on any atom is 0.299 e. The molecule has 0 aliphatic rings. The molecule has 2 nitrogen and oxygen atoms in total. The van der Waals surface area contributed by atoms with Crippen LogP contribution in [-0.2, 0) is 11.8 Å². The molecule has 0 N–H and O–H groups in total. The Morgan fingerprint density at radius 2 is 0.740 bits per heavy atom. The molecule has 0 spiro atoms. The first-order valence-corrected chi connectivity index (χ1v) is 16.1. The van der Waals surface area contributed by atoms with Crippen LogP contribution in [0.3, 0.4) is 0 Å². The lowest BCUT2D eigenvalue weighted by Gasteiger charge is -2.20. The minimum Gasteiger partial charge on any atom is -0.256 e. The standard InChI is InChI=1S/2C22H15F2N/c2*23-22(24,20-12-6-8-16-7-1-2-11-19(16)20)18-10-5-9-17(15-18)21-13-3-4-14-25-21/h2*1-15H. The summed E-state index contributed by atoms with van der Waals surface area (Å²) in [5, 5.41) is 2.75. The number of rotatable bonds is 6. The number of nitrogens with zero attached hydrogens (tertiary/aromatic N) is 2. The molecule has 0 aliphatic carbocycles. The van der Waals surface area contributed by atoms with Gasteiger partial charge in [0.2, 0.25) is 0 Å². The van der Waals surface area contributed by atoms with E-state index in [2.05, 4.69) is 9.97 Å². The van der Waals surface area contributed by atoms with Crippen LogP contribution in [0, 0.1) is 0 Å². The van der Waals surface area contributed by atoms with E-state index in [0.717, 1.165) is 10.8 Å². The predicted octanol–water partition coefficient (Wildman–Crippen LogP) is 12.1. The third kappa shape index (κ3) is 6.48. The van der Waals surface area contributed by atoms with E-state index in [1.165, 1.54) is 36.4 Å². The van der Waals surface area contributed by atoms with E-state index in [0.29, 0.717) is 33.3 Å². The zero-order valence-corrected chi connectivity index (χ0v) is 26.7. The number of pyridine rings is 2. The molecule has 0 saturated heterocycles. The highest BCUT2D eigenvalue weighted by Crippen LogP contribution is 2.41. The van der Waals surface area contributed by atoms with E-state index in [-0.39, 0.29) is 22.3 Å². The topological polar surface area (TPSA) is 25.8 Å². The fraction of sp³-hybridized carbons (Fsp3) is 0.0455. The van der Waals surface area contributed by atoms with Crippen LogP contribution < -0.4 is 0 Å². The van der Waals surface area contributed by atoms with Crippen molar-refractivity contribution < 1.29 is 17.6 Å². The zero-order valence-electron chi connectivity index (χ0n) is 26.7. The molecule has 0 saturated carbocycles. The summed E-state index contributed by atoms with van der Waals surface area (Å²) in [4.78, 5) is 8.50. The third-order valence-electron chi connectivity index (χ3n) is 8.63. The molecule has 0 aliphatic heterocycles. The Labute approximate surface area is 287 Å². The van der Waals surface area contributed by atoms with Crippen LogP contribution in [0.2, 0.25) is 0 Å². The first kappa shape index (κ1) is 32.4. The van der Waals surface area contributed by atoms with Gasteiger partial charge in [-0.25, -0.2) is 0 Å². The summed E-state index contributed by atoms with van der Waals surface area (Å²) < 4.78 is 61.2. The third-order valence-corrected chi connectivity index (χ3v) is 8.63. The van der Waals surface area contributed by atoms with Crippen LogP contribution in [0.4, 0.5) is 17.6 Å². The summed E-state index contributed by atoms with van der Waals surface area (Å²) >= 11 is 0. The van der Waals surface area contributed by atoms with Crippen LogP contribution in [-0.4, -0.2) is 9.97 Å². The van der Waals surface area contributed by atoms with Crippen LogP contribution in [0.1, 0.15) is 22.3 Å². The summed E-state index contributed by atoms with van der Waals surface area (Å²) in [5.41, 5.74) is 2.68. The normalized spacial score (nSPS) is 11.6. The highest BCUT2D eigenvalue weighted by atomic mass is 19.3. The predicted molar refractivity (Wildman–Crippen MR) is 193 cm³/mol. The van der Waals surface area contributed by atoms with Crippen molar-refractivity contribution in [1.82, 2.24) is 9.97 Å². The fourth-order valence-electron chi connectivity index (χ4n) is 6.12. The number of aromatic nitrogens is 2. The molecule has 0 amide bonds. The summed E-state index contributed by atoms with van der Waals surface area (Å²) in [5.74, 6) is -6.18. The number of halogens is 4. The van der Waals surface area contributed by atoms with Gasteiger partial charge in [-0.05, 0) is 57.9 Å². The first-order valence-electron chi connectivity index (χ1n) is 16.1. The number of benzene rings is 6. The van der Waals surface area contributed by atoms with Crippen LogP contribution in [0.5, 0.6) is 0 Å². The molecule has 6 heteroatoms. The van der Waals surface area contributed by atoms with E-state index in [9.17, 15) is 0 Å². The Morgan fingerprint density at radius 3 is 1.16 bits per heavy atom. The van der Waals surface area contributed by atoms with Crippen molar-refractivity contribution >= 4 is 21.5 Å². The van der Waals surface area contributed by atoms with Gasteiger partial charge in [-0.3, -0.25) is 9.97 Å². The quantitative estimate of drug-likeness (QED) is 0.166. The van der Waals surface area contributed by atoms with Gasteiger partial charge in [0.1, 0.15) is 0 Å². The van der Waals surface area contributed by atoms with Crippen molar-refractivity contribution in [2.75, 3.05) is 0 Å². The van der Waals surface area contributed by atoms with Crippen molar-refractivity contribution in [2.24, 2.45) is 0 Å². The summed E-state index contributed by atoms with van der Waals surface area (Å²) in [6, 6.07) is 48.3. The number of hydrogen-bond donors (Lipinski definition) is 0. The Bertz CT molecular complexity index is 2210. The smallest absolute Gasteiger partial charge is 0.256 e. The molecule has 8 aromatic rings. The lowest BCUT2D eigenvalue weighted by Crippen LogP contribution is -2.15. The molecule has 0 bridgehead atoms. The molecule has 0 radical (unpaired) electrons. The van der Waals surface area contributed by atoms with Crippen molar-refractivity contribution in [2.45, 2.75) is 11.8 Å². The van der Waals surface area contributed by atoms with Crippen LogP contribution in [0.25, 0.3) is 44.1 Å². The monoisotopic (exact) mass is 662 g/mol. The molecule has 6 aromatic carbocycles. The fourth-order valence-corrected chi connectivity index (χ4v) is 6.12. The zero-order chi connectivity index (χ0) is 34.6. The van der Waals surface area contributed by atoms with E-state index in [1.54, 1.807) is 85.2 Å². The highest BCUT2D eigenvalue weighted by Gasteiger charge is 2.36. The Hall–Kier alpha value is -6.14. The van der Waals surface area contributed by atoms with E-state index in [4.69, 9.17) is 0 Å². The Balaban J connectivity index is 0.000000157. The van der Waals surface area contributed by atoms with Crippen LogP contribution in [0.15, 0.2) is 182 Å². The highest BCUT2D eigenvalue weighted by molar-refractivity contribution is 5.87. The van der Waals surface area contributed by atoms with Gasteiger partial charge >= 0.3 is 0 Å². The summed E-state index contributed by atoms with van der Waals surface area (Å²) in [7, 11) is 0. The van der Waals surface area contributed by atoms with Gasteiger partial charge in [0.15, 0.2) is 0 Å². The molecule has 0 fully saturated rings. The lowest BCUT2D eigenvalue weighted by molar-refractivity contribution is 0.0440. The second-order valence-corrected chi connectivity index (χ2v) is 11.8. The molecule has 0 unspecified atom stereocenters. The Morgan fingerprint density at radius 1 is 0.360 bits per heavy atom. The number of fused-ring (bicyclic) bond motifs is 2. The van der Waals surface area contributed by atoms with Crippen molar-refractivity contribution in [3.63, 3.8) is 0 Å². The minimum absolute atomic E-state index is 0.0174. The van der Waals surface area contributed by atoms with Crippen LogP contribution >= 0.6 is 0 Å². The molecular weight excluding hydrogens is 632 g/mol. The average molecular weight is 663 g/mol. The van der Waals surface area contributed by atoms with Gasteiger partial charge in [0, 0.05) is 45.8 Å². The Kier molecular flexibility index (Phi) is 8.92. The van der Waals surface area contributed by atoms with Gasteiger partial charge in [-0.1, -0.05) is 133 Å². The van der Waals surface area contributed by atoms with E-state index < -0.39 is 11.8 Å². The van der Waals surface area contributed by atoms with Gasteiger partial charge < -0.3 is 0 Å². The molecule has 244 valence electrons. The van der Waals surface area contributed by atoms with Gasteiger partial charge in [0.05, 0.1) is 11.4 Å². The SMILES string of the molecule is FC(F)(c1cccc(-c2ccccn2)c1)c1cccc2ccccc12.FC(F)(c1cccc(-c2ccccn2)c1)c1cccc2ccccc12. The second kappa shape index (κ2) is 13.8. The van der Waals surface area contributed by atoms with Gasteiger partial charge in [0.25, 0.3) is 11.8 Å². The van der Waals surface area contributed by atoms with Gasteiger partial charge in [-0.2, -0.15) is 17.6 Å².